The molecule has 0 saturated carbocycles. The first-order chi connectivity index (χ1) is 9.58. The molecule has 0 aliphatic rings. The molecule has 5 nitrogen and oxygen atoms in total. The second kappa shape index (κ2) is 6.49. The van der Waals surface area contributed by atoms with Crippen LogP contribution in [0.2, 0.25) is 5.02 Å². The summed E-state index contributed by atoms with van der Waals surface area (Å²) in [5.74, 6) is -0.468. The molecule has 20 heavy (non-hydrogen) atoms. The third-order valence-corrected chi connectivity index (χ3v) is 3.81. The minimum atomic E-state index is -0.611. The van der Waals surface area contributed by atoms with Gasteiger partial charge in [-0.2, -0.15) is 0 Å². The Labute approximate surface area is 124 Å². The quantitative estimate of drug-likeness (QED) is 0.680. The van der Waals surface area contributed by atoms with E-state index in [1.165, 1.54) is 18.2 Å². The Hall–Kier alpha value is -1.92. The average molecular weight is 311 g/mol. The van der Waals surface area contributed by atoms with Gasteiger partial charge in [-0.3, -0.25) is 14.9 Å². The number of nitro groups is 1. The molecule has 0 saturated heterocycles. The van der Waals surface area contributed by atoms with Crippen molar-refractivity contribution in [2.75, 3.05) is 6.54 Å². The minimum absolute atomic E-state index is 0.0191. The maximum Gasteiger partial charge on any atom is 0.283 e. The van der Waals surface area contributed by atoms with E-state index < -0.39 is 10.8 Å². The monoisotopic (exact) mass is 310 g/mol. The molecule has 7 heteroatoms. The van der Waals surface area contributed by atoms with Gasteiger partial charge in [-0.05, 0) is 30.0 Å². The smallest absolute Gasteiger partial charge is 0.283 e. The number of rotatable bonds is 5. The summed E-state index contributed by atoms with van der Waals surface area (Å²) < 4.78 is 0. The summed E-state index contributed by atoms with van der Waals surface area (Å²) in [4.78, 5) is 23.4. The Morgan fingerprint density at radius 1 is 1.40 bits per heavy atom. The second-order valence-corrected chi connectivity index (χ2v) is 5.47. The summed E-state index contributed by atoms with van der Waals surface area (Å²) in [6.07, 6.45) is 0.699. The highest BCUT2D eigenvalue weighted by molar-refractivity contribution is 7.09. The zero-order chi connectivity index (χ0) is 14.5. The highest BCUT2D eigenvalue weighted by atomic mass is 35.5. The van der Waals surface area contributed by atoms with Crippen molar-refractivity contribution in [1.82, 2.24) is 5.32 Å². The molecule has 2 rings (SSSR count). The van der Waals surface area contributed by atoms with Crippen molar-refractivity contribution < 1.29 is 9.72 Å². The molecule has 1 aromatic heterocycles. The Kier molecular flexibility index (Phi) is 4.70. The molecule has 0 spiro atoms. The Morgan fingerprint density at radius 3 is 2.85 bits per heavy atom. The van der Waals surface area contributed by atoms with Crippen molar-refractivity contribution in [3.8, 4) is 0 Å². The minimum Gasteiger partial charge on any atom is -0.351 e. The molecule has 0 unspecified atom stereocenters. The molecule has 1 heterocycles. The van der Waals surface area contributed by atoms with Gasteiger partial charge in [0.15, 0.2) is 0 Å². The van der Waals surface area contributed by atoms with Crippen LogP contribution in [0.15, 0.2) is 35.7 Å². The standard InChI is InChI=1S/C13H11ClN2O3S/c14-9-3-4-11(12(8-9)16(18)19)13(17)15-6-5-10-2-1-7-20-10/h1-4,7-8H,5-6H2,(H,15,17). The van der Waals surface area contributed by atoms with Gasteiger partial charge in [0.25, 0.3) is 11.6 Å². The third kappa shape index (κ3) is 3.55. The van der Waals surface area contributed by atoms with Gasteiger partial charge >= 0.3 is 0 Å². The largest absolute Gasteiger partial charge is 0.351 e. The zero-order valence-corrected chi connectivity index (χ0v) is 11.9. The molecule has 0 radical (unpaired) electrons. The van der Waals surface area contributed by atoms with Gasteiger partial charge < -0.3 is 5.32 Å². The van der Waals surface area contributed by atoms with Crippen LogP contribution < -0.4 is 5.32 Å². The van der Waals surface area contributed by atoms with E-state index in [0.29, 0.717) is 13.0 Å². The van der Waals surface area contributed by atoms with Gasteiger partial charge in [0, 0.05) is 22.5 Å². The molecule has 0 atom stereocenters. The predicted octanol–water partition coefficient (Wildman–Crippen LogP) is 3.28. The lowest BCUT2D eigenvalue weighted by molar-refractivity contribution is -0.385. The summed E-state index contributed by atoms with van der Waals surface area (Å²) in [5.41, 5.74) is -0.267. The number of amides is 1. The van der Waals surface area contributed by atoms with Crippen LogP contribution in [0.1, 0.15) is 15.2 Å². The lowest BCUT2D eigenvalue weighted by Crippen LogP contribution is -2.26. The van der Waals surface area contributed by atoms with Gasteiger partial charge in [0.05, 0.1) is 4.92 Å². The molecule has 104 valence electrons. The van der Waals surface area contributed by atoms with Crippen molar-refractivity contribution in [3.05, 3.63) is 61.3 Å². The highest BCUT2D eigenvalue weighted by Gasteiger charge is 2.20. The van der Waals surface area contributed by atoms with Crippen LogP contribution in [0.25, 0.3) is 0 Å². The fraction of sp³-hybridized carbons (Fsp3) is 0.154. The number of benzene rings is 1. The van der Waals surface area contributed by atoms with Gasteiger partial charge in [-0.15, -0.1) is 11.3 Å². The van der Waals surface area contributed by atoms with Crippen molar-refractivity contribution in [2.45, 2.75) is 6.42 Å². The molecule has 1 amide bonds. The number of carbonyl (C=O) groups excluding carboxylic acids is 1. The second-order valence-electron chi connectivity index (χ2n) is 4.00. The van der Waals surface area contributed by atoms with E-state index in [4.69, 9.17) is 11.6 Å². The maximum atomic E-state index is 12.0. The first kappa shape index (κ1) is 14.5. The zero-order valence-electron chi connectivity index (χ0n) is 10.3. The van der Waals surface area contributed by atoms with Crippen molar-refractivity contribution in [3.63, 3.8) is 0 Å². The topological polar surface area (TPSA) is 72.2 Å². The molecule has 1 N–H and O–H groups in total. The van der Waals surface area contributed by atoms with Crippen molar-refractivity contribution in [2.24, 2.45) is 0 Å². The van der Waals surface area contributed by atoms with E-state index in [9.17, 15) is 14.9 Å². The number of carbonyl (C=O) groups is 1. The number of hydrogen-bond donors (Lipinski definition) is 1. The predicted molar refractivity (Wildman–Crippen MR) is 78.5 cm³/mol. The molecule has 2 aromatic rings. The van der Waals surface area contributed by atoms with Crippen LogP contribution in [0.4, 0.5) is 5.69 Å². The summed E-state index contributed by atoms with van der Waals surface area (Å²) in [5, 5.41) is 15.8. The number of nitrogens with one attached hydrogen (secondary N) is 1. The average Bonchev–Trinajstić information content (AvgIpc) is 2.91. The SMILES string of the molecule is O=C(NCCc1cccs1)c1ccc(Cl)cc1[N+](=O)[O-]. The van der Waals surface area contributed by atoms with Crippen LogP contribution in [-0.4, -0.2) is 17.4 Å². The number of hydrogen-bond acceptors (Lipinski definition) is 4. The van der Waals surface area contributed by atoms with E-state index in [1.54, 1.807) is 11.3 Å². The summed E-state index contributed by atoms with van der Waals surface area (Å²) in [7, 11) is 0. The van der Waals surface area contributed by atoms with E-state index >= 15 is 0 Å². The van der Waals surface area contributed by atoms with Crippen molar-refractivity contribution in [1.29, 1.82) is 0 Å². The Morgan fingerprint density at radius 2 is 2.20 bits per heavy atom. The fourth-order valence-corrected chi connectivity index (χ4v) is 2.57. The van der Waals surface area contributed by atoms with E-state index in [0.717, 1.165) is 4.88 Å². The number of nitro benzene ring substituents is 1. The normalized spacial score (nSPS) is 10.2. The van der Waals surface area contributed by atoms with E-state index in [-0.39, 0.29) is 16.3 Å². The lowest BCUT2D eigenvalue weighted by atomic mass is 10.1. The number of nitrogens with zero attached hydrogens (tertiary/aromatic N) is 1. The molecular formula is C13H11ClN2O3S. The van der Waals surface area contributed by atoms with E-state index in [2.05, 4.69) is 5.32 Å². The summed E-state index contributed by atoms with van der Waals surface area (Å²) in [6, 6.07) is 7.91. The molecule has 0 fully saturated rings. The van der Waals surface area contributed by atoms with Crippen molar-refractivity contribution >= 4 is 34.5 Å². The molecule has 0 aliphatic carbocycles. The van der Waals surface area contributed by atoms with E-state index in [1.807, 2.05) is 17.5 Å². The van der Waals surface area contributed by atoms with Crippen LogP contribution in [-0.2, 0) is 6.42 Å². The Bertz CT molecular complexity index is 629. The maximum absolute atomic E-state index is 12.0. The fourth-order valence-electron chi connectivity index (χ4n) is 1.70. The molecular weight excluding hydrogens is 300 g/mol. The van der Waals surface area contributed by atoms with Gasteiger partial charge in [-0.25, -0.2) is 0 Å². The van der Waals surface area contributed by atoms with Crippen LogP contribution >= 0.6 is 22.9 Å². The lowest BCUT2D eigenvalue weighted by Gasteiger charge is -2.05. The highest BCUT2D eigenvalue weighted by Crippen LogP contribution is 2.23. The number of thiophene rings is 1. The Balaban J connectivity index is 2.03. The summed E-state index contributed by atoms with van der Waals surface area (Å²) >= 11 is 7.31. The van der Waals surface area contributed by atoms with Crippen LogP contribution in [0, 0.1) is 10.1 Å². The third-order valence-electron chi connectivity index (χ3n) is 2.64. The first-order valence-corrected chi connectivity index (χ1v) is 7.08. The molecule has 0 aliphatic heterocycles. The molecule has 0 bridgehead atoms. The van der Waals surface area contributed by atoms with Gasteiger partial charge in [-0.1, -0.05) is 17.7 Å². The molecule has 1 aromatic carbocycles. The van der Waals surface area contributed by atoms with Gasteiger partial charge in [0.1, 0.15) is 5.56 Å². The number of halogens is 1. The van der Waals surface area contributed by atoms with Crippen LogP contribution in [0.5, 0.6) is 0 Å². The van der Waals surface area contributed by atoms with Gasteiger partial charge in [0.2, 0.25) is 0 Å². The summed E-state index contributed by atoms with van der Waals surface area (Å²) in [6.45, 7) is 0.430. The first-order valence-electron chi connectivity index (χ1n) is 5.82. The van der Waals surface area contributed by atoms with Crippen LogP contribution in [0.3, 0.4) is 0 Å².